The van der Waals surface area contributed by atoms with E-state index in [9.17, 15) is 19.8 Å². The monoisotopic (exact) mass is 670 g/mol. The number of carboxylic acid groups (broad SMARTS) is 1. The molecule has 9 heteroatoms. The third kappa shape index (κ3) is 4.15. The van der Waals surface area contributed by atoms with Crippen LogP contribution in [-0.4, -0.2) is 57.3 Å². The Morgan fingerprint density at radius 1 is 1.12 bits per heavy atom. The summed E-state index contributed by atoms with van der Waals surface area (Å²) in [7, 11) is 0. The Bertz CT molecular complexity index is 1900. The van der Waals surface area contributed by atoms with Gasteiger partial charge in [-0.05, 0) is 60.5 Å². The van der Waals surface area contributed by atoms with Crippen molar-refractivity contribution in [2.75, 3.05) is 6.61 Å². The van der Waals surface area contributed by atoms with Crippen molar-refractivity contribution < 1.29 is 43.5 Å². The van der Waals surface area contributed by atoms with Gasteiger partial charge in [0.1, 0.15) is 28.4 Å². The molecule has 4 heterocycles. The maximum absolute atomic E-state index is 15.4. The van der Waals surface area contributed by atoms with E-state index >= 15 is 4.79 Å². The van der Waals surface area contributed by atoms with Crippen LogP contribution in [0.4, 0.5) is 0 Å². The number of benzene rings is 2. The third-order valence-corrected chi connectivity index (χ3v) is 12.0. The van der Waals surface area contributed by atoms with Gasteiger partial charge in [-0.1, -0.05) is 49.8 Å². The summed E-state index contributed by atoms with van der Waals surface area (Å²) < 4.78 is 27.3. The fourth-order valence-corrected chi connectivity index (χ4v) is 9.59. The first-order valence-electron chi connectivity index (χ1n) is 17.2. The van der Waals surface area contributed by atoms with Crippen LogP contribution in [0.2, 0.25) is 0 Å². The van der Waals surface area contributed by atoms with Gasteiger partial charge in [0.05, 0.1) is 29.1 Å². The average Bonchev–Trinajstić information content (AvgIpc) is 3.00. The first kappa shape index (κ1) is 33.5. The first-order chi connectivity index (χ1) is 22.8. The number of ether oxygens (including phenoxy) is 4. The number of carbonyl (C=O) groups excluding carboxylic acids is 2. The van der Waals surface area contributed by atoms with Gasteiger partial charge < -0.3 is 29.2 Å². The minimum Gasteiger partial charge on any atom is -0.506 e. The lowest BCUT2D eigenvalue weighted by atomic mass is 9.42. The Hall–Kier alpha value is -3.95. The topological polar surface area (TPSA) is 129 Å². The number of aromatic hydroxyl groups is 1. The van der Waals surface area contributed by atoms with Crippen molar-refractivity contribution in [3.63, 3.8) is 0 Å². The molecule has 2 aromatic carbocycles. The van der Waals surface area contributed by atoms with E-state index in [2.05, 4.69) is 6.58 Å². The molecule has 7 aliphatic rings. The molecule has 4 aliphatic heterocycles. The summed E-state index contributed by atoms with van der Waals surface area (Å²) in [5, 5.41) is 22.1. The molecule has 9 nitrogen and oxygen atoms in total. The summed E-state index contributed by atoms with van der Waals surface area (Å²) in [5.74, 6) is -3.57. The second-order valence-electron chi connectivity index (χ2n) is 16.1. The lowest BCUT2D eigenvalue weighted by molar-refractivity contribution is -0.347. The van der Waals surface area contributed by atoms with Crippen molar-refractivity contribution in [2.45, 2.75) is 109 Å². The highest BCUT2D eigenvalue weighted by Gasteiger charge is 2.83. The summed E-state index contributed by atoms with van der Waals surface area (Å²) in [4.78, 5) is 42.1. The number of phenolic OH excluding ortho intramolecular Hbond substituents is 1. The molecule has 3 saturated carbocycles. The Morgan fingerprint density at radius 2 is 1.80 bits per heavy atom. The summed E-state index contributed by atoms with van der Waals surface area (Å²) in [6.45, 7) is 21.3. The van der Waals surface area contributed by atoms with Crippen molar-refractivity contribution in [1.29, 1.82) is 0 Å². The molecule has 260 valence electrons. The molecule has 6 unspecified atom stereocenters. The third-order valence-electron chi connectivity index (χ3n) is 12.0. The molecule has 5 fully saturated rings. The van der Waals surface area contributed by atoms with Gasteiger partial charge in [-0.3, -0.25) is 9.59 Å². The normalized spacial score (nSPS) is 31.6. The predicted octanol–water partition coefficient (Wildman–Crippen LogP) is 6.98. The number of hydrogen-bond acceptors (Lipinski definition) is 8. The number of phenols is 1. The van der Waals surface area contributed by atoms with Crippen molar-refractivity contribution in [2.24, 2.45) is 17.8 Å². The van der Waals surface area contributed by atoms with Crippen LogP contribution in [0.1, 0.15) is 95.3 Å². The van der Waals surface area contributed by atoms with Gasteiger partial charge in [-0.25, -0.2) is 4.79 Å². The average molecular weight is 671 g/mol. The Balaban J connectivity index is 1.58. The number of aryl methyl sites for hydroxylation is 1. The molecule has 6 atom stereocenters. The van der Waals surface area contributed by atoms with Crippen molar-refractivity contribution >= 4 is 17.5 Å². The summed E-state index contributed by atoms with van der Waals surface area (Å²) >= 11 is 0. The van der Waals surface area contributed by atoms with Crippen LogP contribution < -0.4 is 9.47 Å². The highest BCUT2D eigenvalue weighted by atomic mass is 16.6. The SMILES string of the molecule is C=CC(C)(C)c1c2c(c(O)c3c1OC(C)(C)c1ccc(C)cc1-3)C(=O)C1C(OCC)C3C(=O)C4(CC=C(C)C(=O)O)OC(C)(C)C3CC14O2. The van der Waals surface area contributed by atoms with Crippen LogP contribution in [0, 0.1) is 24.7 Å². The van der Waals surface area contributed by atoms with E-state index in [0.717, 1.165) is 16.7 Å². The van der Waals surface area contributed by atoms with Gasteiger partial charge in [0.15, 0.2) is 22.8 Å². The molecule has 2 N–H and O–H groups in total. The zero-order chi connectivity index (χ0) is 35.8. The maximum atomic E-state index is 15.4. The quantitative estimate of drug-likeness (QED) is 0.237. The van der Waals surface area contributed by atoms with Crippen molar-refractivity contribution in [3.8, 4) is 28.4 Å². The number of aliphatic carboxylic acids is 1. The second kappa shape index (κ2) is 10.3. The van der Waals surface area contributed by atoms with Gasteiger partial charge in [-0.15, -0.1) is 6.58 Å². The molecule has 2 saturated heterocycles. The number of fused-ring (bicyclic) bond motifs is 5. The van der Waals surface area contributed by atoms with E-state index in [-0.39, 0.29) is 47.4 Å². The van der Waals surface area contributed by atoms with Crippen LogP contribution >= 0.6 is 0 Å². The smallest absolute Gasteiger partial charge is 0.330 e. The predicted molar refractivity (Wildman–Crippen MR) is 182 cm³/mol. The Morgan fingerprint density at radius 3 is 2.43 bits per heavy atom. The molecule has 0 aromatic heterocycles. The molecular weight excluding hydrogens is 624 g/mol. The summed E-state index contributed by atoms with van der Waals surface area (Å²) in [6.07, 6.45) is 2.60. The largest absolute Gasteiger partial charge is 0.506 e. The van der Waals surface area contributed by atoms with Gasteiger partial charge in [0, 0.05) is 41.1 Å². The van der Waals surface area contributed by atoms with E-state index in [1.165, 1.54) is 13.0 Å². The first-order valence-corrected chi connectivity index (χ1v) is 17.2. The Kier molecular flexibility index (Phi) is 7.05. The zero-order valence-corrected chi connectivity index (χ0v) is 29.8. The minimum atomic E-state index is -1.71. The van der Waals surface area contributed by atoms with Gasteiger partial charge in [0.2, 0.25) is 0 Å². The molecule has 49 heavy (non-hydrogen) atoms. The van der Waals surface area contributed by atoms with E-state index in [1.54, 1.807) is 6.08 Å². The van der Waals surface area contributed by atoms with Crippen LogP contribution in [0.5, 0.6) is 17.2 Å². The number of Topliss-reactive ketones (excluding diaryl/α,β-unsaturated/α-hetero) is 2. The molecule has 2 aromatic rings. The minimum absolute atomic E-state index is 0.0160. The molecule has 0 radical (unpaired) electrons. The molecule has 3 aliphatic carbocycles. The van der Waals surface area contributed by atoms with Crippen LogP contribution in [0.25, 0.3) is 11.1 Å². The number of hydrogen-bond donors (Lipinski definition) is 2. The van der Waals surface area contributed by atoms with E-state index in [4.69, 9.17) is 18.9 Å². The van der Waals surface area contributed by atoms with E-state index in [0.29, 0.717) is 23.3 Å². The zero-order valence-electron chi connectivity index (χ0n) is 29.8. The van der Waals surface area contributed by atoms with Gasteiger partial charge in [0.25, 0.3) is 0 Å². The van der Waals surface area contributed by atoms with Crippen molar-refractivity contribution in [1.82, 2.24) is 0 Å². The number of carbonyl (C=O) groups is 3. The standard InChI is InChI=1S/C40H46O9/c1-11-36(5,6)28-32-24(21-17-19(3)13-14-22(21)37(7,8)47-32)29(41)26-30(42)27-31(46-12-2)25-23-18-40(27,48-33(26)28)39(34(25)43,49-38(23,9)10)16-15-20(4)35(44)45/h11,13-15,17,23,25,27,31,41H,1,12,16,18H2,2-10H3,(H,44,45). The summed E-state index contributed by atoms with van der Waals surface area (Å²) in [6, 6.07) is 5.98. The highest BCUT2D eigenvalue weighted by Crippen LogP contribution is 2.70. The lowest BCUT2D eigenvalue weighted by Gasteiger charge is -2.72. The van der Waals surface area contributed by atoms with E-state index in [1.807, 2.05) is 73.6 Å². The van der Waals surface area contributed by atoms with E-state index < -0.39 is 57.5 Å². The number of carboxylic acids is 1. The fraction of sp³-hybridized carbons (Fsp3) is 0.525. The Labute approximate surface area is 287 Å². The van der Waals surface area contributed by atoms with Gasteiger partial charge >= 0.3 is 5.97 Å². The van der Waals surface area contributed by atoms with Crippen LogP contribution in [0.15, 0.2) is 42.5 Å². The maximum Gasteiger partial charge on any atom is 0.330 e. The molecule has 4 bridgehead atoms. The van der Waals surface area contributed by atoms with Crippen LogP contribution in [-0.2, 0) is 30.1 Å². The van der Waals surface area contributed by atoms with Gasteiger partial charge in [-0.2, -0.15) is 0 Å². The van der Waals surface area contributed by atoms with Crippen LogP contribution in [0.3, 0.4) is 0 Å². The molecule has 0 amide bonds. The number of rotatable bonds is 7. The summed E-state index contributed by atoms with van der Waals surface area (Å²) in [5.41, 5.74) is -2.12. The molecule has 9 rings (SSSR count). The molecule has 1 spiro atoms. The molecular formula is C40H46O9. The fourth-order valence-electron chi connectivity index (χ4n) is 9.59. The number of ketones is 2. The second-order valence-corrected chi connectivity index (χ2v) is 16.1. The lowest BCUT2D eigenvalue weighted by Crippen LogP contribution is -2.87. The van der Waals surface area contributed by atoms with Crippen molar-refractivity contribution in [3.05, 3.63) is 64.8 Å². The highest BCUT2D eigenvalue weighted by molar-refractivity contribution is 6.11. The number of allylic oxidation sites excluding steroid dienone is 1.